The summed E-state index contributed by atoms with van der Waals surface area (Å²) in [5.41, 5.74) is 21.7. The number of benzene rings is 1. The normalized spacial score (nSPS) is 13.7. The van der Waals surface area contributed by atoms with E-state index in [1.807, 2.05) is 0 Å². The number of nitrogens with zero attached hydrogens (tertiary/aromatic N) is 1. The van der Waals surface area contributed by atoms with Crippen molar-refractivity contribution in [2.24, 2.45) is 27.9 Å². The molecule has 210 valence electrons. The predicted molar refractivity (Wildman–Crippen MR) is 141 cm³/mol. The minimum atomic E-state index is -1.30. The lowest BCUT2D eigenvalue weighted by molar-refractivity contribution is -0.142. The third kappa shape index (κ3) is 11.8. The van der Waals surface area contributed by atoms with Crippen molar-refractivity contribution in [3.63, 3.8) is 0 Å². The molecule has 15 nitrogen and oxygen atoms in total. The first-order chi connectivity index (χ1) is 17.8. The third-order valence-electron chi connectivity index (χ3n) is 5.14. The molecular weight excluding hydrogens is 520 g/mol. The van der Waals surface area contributed by atoms with E-state index in [0.29, 0.717) is 5.56 Å². The van der Waals surface area contributed by atoms with Crippen LogP contribution in [0.2, 0.25) is 0 Å². The number of amides is 4. The van der Waals surface area contributed by atoms with Gasteiger partial charge in [-0.2, -0.15) is 12.6 Å². The van der Waals surface area contributed by atoms with Crippen molar-refractivity contribution in [3.8, 4) is 5.75 Å². The number of aromatic hydroxyl groups is 1. The van der Waals surface area contributed by atoms with Crippen LogP contribution in [0.15, 0.2) is 29.3 Å². The summed E-state index contributed by atoms with van der Waals surface area (Å²) in [6.07, 6.45) is -0.265. The number of rotatable bonds is 16. The number of phenols is 1. The van der Waals surface area contributed by atoms with Crippen LogP contribution in [-0.2, 0) is 30.4 Å². The number of carboxylic acid groups (broad SMARTS) is 1. The van der Waals surface area contributed by atoms with Crippen molar-refractivity contribution in [3.05, 3.63) is 29.8 Å². The highest BCUT2D eigenvalue weighted by Crippen LogP contribution is 2.12. The van der Waals surface area contributed by atoms with E-state index in [-0.39, 0.29) is 43.3 Å². The lowest BCUT2D eigenvalue weighted by Gasteiger charge is -2.24. The van der Waals surface area contributed by atoms with Gasteiger partial charge in [-0.15, -0.1) is 0 Å². The number of nitrogens with one attached hydrogen (secondary N) is 3. The minimum absolute atomic E-state index is 0.00476. The van der Waals surface area contributed by atoms with E-state index < -0.39 is 60.2 Å². The molecule has 1 aromatic rings. The van der Waals surface area contributed by atoms with Crippen LogP contribution in [0.4, 0.5) is 0 Å². The number of primary amides is 1. The molecule has 0 saturated carbocycles. The van der Waals surface area contributed by atoms with Crippen molar-refractivity contribution in [2.75, 3.05) is 12.3 Å². The van der Waals surface area contributed by atoms with E-state index in [1.54, 1.807) is 0 Å². The van der Waals surface area contributed by atoms with Gasteiger partial charge in [0, 0.05) is 18.7 Å². The zero-order chi connectivity index (χ0) is 28.8. The molecule has 38 heavy (non-hydrogen) atoms. The summed E-state index contributed by atoms with van der Waals surface area (Å²) in [5, 5.41) is 26.3. The first-order valence-corrected chi connectivity index (χ1v) is 12.1. The quantitative estimate of drug-likeness (QED) is 0.0419. The van der Waals surface area contributed by atoms with Gasteiger partial charge in [-0.1, -0.05) is 12.1 Å². The fourth-order valence-corrected chi connectivity index (χ4v) is 3.42. The van der Waals surface area contributed by atoms with Crippen LogP contribution in [0.3, 0.4) is 0 Å². The fraction of sp³-hybridized carbons (Fsp3) is 0.455. The molecule has 4 unspecified atom stereocenters. The number of aliphatic carboxylic acids is 1. The molecule has 0 spiro atoms. The van der Waals surface area contributed by atoms with Gasteiger partial charge in [-0.25, -0.2) is 4.79 Å². The maximum absolute atomic E-state index is 13.1. The molecule has 0 aliphatic carbocycles. The smallest absolute Gasteiger partial charge is 0.326 e. The molecular formula is C22H34N8O7S. The van der Waals surface area contributed by atoms with Gasteiger partial charge < -0.3 is 49.1 Å². The monoisotopic (exact) mass is 554 g/mol. The summed E-state index contributed by atoms with van der Waals surface area (Å²) in [6, 6.07) is 0.690. The lowest BCUT2D eigenvalue weighted by atomic mass is 10.0. The Hall–Kier alpha value is -4.05. The van der Waals surface area contributed by atoms with Crippen molar-refractivity contribution in [1.29, 1.82) is 0 Å². The number of aliphatic imine (C=N–C) groups is 1. The third-order valence-corrected chi connectivity index (χ3v) is 5.51. The second-order valence-corrected chi connectivity index (χ2v) is 8.67. The highest BCUT2D eigenvalue weighted by atomic mass is 32.1. The Kier molecular flexibility index (Phi) is 13.4. The Morgan fingerprint density at radius 1 is 0.895 bits per heavy atom. The average Bonchev–Trinajstić information content (AvgIpc) is 2.84. The molecule has 1 aromatic carbocycles. The summed E-state index contributed by atoms with van der Waals surface area (Å²) in [7, 11) is 0. The number of hydrogen-bond acceptors (Lipinski definition) is 9. The first-order valence-electron chi connectivity index (χ1n) is 11.5. The van der Waals surface area contributed by atoms with Crippen LogP contribution >= 0.6 is 12.6 Å². The second-order valence-electron chi connectivity index (χ2n) is 8.30. The molecule has 4 amide bonds. The zero-order valence-electron chi connectivity index (χ0n) is 20.5. The summed E-state index contributed by atoms with van der Waals surface area (Å²) in [6.45, 7) is 0.150. The Labute approximate surface area is 224 Å². The summed E-state index contributed by atoms with van der Waals surface area (Å²) in [5.74, 6) is -4.91. The predicted octanol–water partition coefficient (Wildman–Crippen LogP) is -3.34. The van der Waals surface area contributed by atoms with Crippen molar-refractivity contribution >= 4 is 48.2 Å². The number of guanidine groups is 1. The Morgan fingerprint density at radius 2 is 1.45 bits per heavy atom. The van der Waals surface area contributed by atoms with Crippen LogP contribution in [-0.4, -0.2) is 82.2 Å². The number of carboxylic acids is 1. The van der Waals surface area contributed by atoms with E-state index in [0.717, 1.165) is 0 Å². The van der Waals surface area contributed by atoms with E-state index >= 15 is 0 Å². The van der Waals surface area contributed by atoms with Gasteiger partial charge in [0.1, 0.15) is 23.9 Å². The number of phenolic OH excluding ortho intramolecular Hbond substituents is 1. The average molecular weight is 555 g/mol. The maximum atomic E-state index is 13.1. The number of nitrogens with two attached hydrogens (primary N) is 4. The van der Waals surface area contributed by atoms with Crippen molar-refractivity contribution in [2.45, 2.75) is 49.9 Å². The topological polar surface area (TPSA) is 278 Å². The molecule has 0 bridgehead atoms. The van der Waals surface area contributed by atoms with E-state index in [1.165, 1.54) is 24.3 Å². The molecule has 0 aliphatic rings. The molecule has 0 heterocycles. The molecule has 16 heteroatoms. The number of carbonyl (C=O) groups excluding carboxylic acids is 4. The number of thiol groups is 1. The van der Waals surface area contributed by atoms with Gasteiger partial charge in [-0.05, 0) is 30.5 Å². The Balaban J connectivity index is 3.03. The number of carbonyl (C=O) groups is 5. The summed E-state index contributed by atoms with van der Waals surface area (Å²) < 4.78 is 0. The molecule has 0 saturated heterocycles. The van der Waals surface area contributed by atoms with Gasteiger partial charge in [0.15, 0.2) is 5.96 Å². The zero-order valence-corrected chi connectivity index (χ0v) is 21.4. The van der Waals surface area contributed by atoms with Gasteiger partial charge in [-0.3, -0.25) is 24.2 Å². The molecule has 0 radical (unpaired) electrons. The molecule has 0 aliphatic heterocycles. The van der Waals surface area contributed by atoms with Crippen molar-refractivity contribution < 1.29 is 34.2 Å². The van der Waals surface area contributed by atoms with E-state index in [9.17, 15) is 34.2 Å². The van der Waals surface area contributed by atoms with Crippen LogP contribution < -0.4 is 38.9 Å². The largest absolute Gasteiger partial charge is 0.508 e. The van der Waals surface area contributed by atoms with Crippen LogP contribution in [0.5, 0.6) is 5.75 Å². The molecule has 0 aromatic heterocycles. The molecule has 1 rings (SSSR count). The standard InChI is InChI=1S/C22H34N8O7S/c23-13(9-17(24)32)18(33)30-16(10-38)20(35)29-15(8-11-3-5-12(31)6-4-11)19(34)28-14(21(36)37)2-1-7-27-22(25)26/h3-6,13-16,31,38H,1-2,7-10,23H2,(H2,24,32)(H,28,34)(H,29,35)(H,30,33)(H,36,37)(H4,25,26,27). The minimum Gasteiger partial charge on any atom is -0.508 e. The Morgan fingerprint density at radius 3 is 1.97 bits per heavy atom. The van der Waals surface area contributed by atoms with Gasteiger partial charge in [0.25, 0.3) is 0 Å². The lowest BCUT2D eigenvalue weighted by Crippen LogP contribution is -2.58. The summed E-state index contributed by atoms with van der Waals surface area (Å²) >= 11 is 4.05. The molecule has 0 fully saturated rings. The summed E-state index contributed by atoms with van der Waals surface area (Å²) in [4.78, 5) is 64.7. The highest BCUT2D eigenvalue weighted by Gasteiger charge is 2.30. The molecule has 13 N–H and O–H groups in total. The first kappa shape index (κ1) is 32.0. The van der Waals surface area contributed by atoms with Crippen LogP contribution in [0.1, 0.15) is 24.8 Å². The Bertz CT molecular complexity index is 1020. The van der Waals surface area contributed by atoms with E-state index in [2.05, 4.69) is 33.6 Å². The van der Waals surface area contributed by atoms with Crippen LogP contribution in [0, 0.1) is 0 Å². The van der Waals surface area contributed by atoms with Gasteiger partial charge in [0.2, 0.25) is 23.6 Å². The van der Waals surface area contributed by atoms with Gasteiger partial charge in [0.05, 0.1) is 12.5 Å². The second kappa shape index (κ2) is 15.9. The maximum Gasteiger partial charge on any atom is 0.326 e. The van der Waals surface area contributed by atoms with Crippen LogP contribution in [0.25, 0.3) is 0 Å². The van der Waals surface area contributed by atoms with Gasteiger partial charge >= 0.3 is 5.97 Å². The fourth-order valence-electron chi connectivity index (χ4n) is 3.16. The SMILES string of the molecule is NC(=O)CC(N)C(=O)NC(CS)C(=O)NC(Cc1ccc(O)cc1)C(=O)NC(CCCN=C(N)N)C(=O)O. The number of hydrogen-bond donors (Lipinski definition) is 10. The van der Waals surface area contributed by atoms with E-state index in [4.69, 9.17) is 22.9 Å². The van der Waals surface area contributed by atoms with Crippen molar-refractivity contribution in [1.82, 2.24) is 16.0 Å². The molecule has 4 atom stereocenters. The highest BCUT2D eigenvalue weighted by molar-refractivity contribution is 7.80.